The maximum atomic E-state index is 13.2. The molecular formula is C25H37N3O3. The molecule has 3 rings (SSSR count). The minimum absolute atomic E-state index is 0.0377. The zero-order chi connectivity index (χ0) is 22.4. The number of carbonyl (C=O) groups is 2. The molecule has 31 heavy (non-hydrogen) atoms. The van der Waals surface area contributed by atoms with Crippen molar-refractivity contribution in [2.45, 2.75) is 84.1 Å². The maximum Gasteiger partial charge on any atom is 0.224 e. The number of benzene rings is 1. The third-order valence-electron chi connectivity index (χ3n) is 6.58. The van der Waals surface area contributed by atoms with Crippen molar-refractivity contribution in [3.8, 4) is 0 Å². The van der Waals surface area contributed by atoms with Gasteiger partial charge in [0, 0.05) is 31.8 Å². The Morgan fingerprint density at radius 2 is 1.97 bits per heavy atom. The first-order valence-electron chi connectivity index (χ1n) is 11.8. The zero-order valence-electron chi connectivity index (χ0n) is 19.2. The van der Waals surface area contributed by atoms with Crippen LogP contribution in [0, 0.1) is 11.8 Å². The smallest absolute Gasteiger partial charge is 0.224 e. The van der Waals surface area contributed by atoms with E-state index >= 15 is 0 Å². The molecule has 1 aliphatic rings. The minimum atomic E-state index is -0.497. The highest BCUT2D eigenvalue weighted by atomic mass is 16.3. The number of oxazole rings is 1. The summed E-state index contributed by atoms with van der Waals surface area (Å²) in [5.41, 5.74) is 8.70. The molecular weight excluding hydrogens is 390 g/mol. The molecule has 1 aromatic carbocycles. The van der Waals surface area contributed by atoms with Crippen molar-refractivity contribution >= 4 is 22.8 Å². The van der Waals surface area contributed by atoms with Gasteiger partial charge in [0.15, 0.2) is 11.5 Å². The standard InChI is InChI=1S/C25H37N3O3/c1-4-20(29)12-19(25(30)28-22(15-26)17-8-6-5-7-9-17)14-24-27-21-11-10-18(16(2)3)13-23(21)31-24/h10-11,13,16-17,19,22H,4-9,12,14-15,26H2,1-3H3,(H,28,30)/t19-,22+/m0/s1. The third-order valence-corrected chi connectivity index (χ3v) is 6.58. The highest BCUT2D eigenvalue weighted by molar-refractivity contribution is 5.87. The fourth-order valence-electron chi connectivity index (χ4n) is 4.53. The van der Waals surface area contributed by atoms with E-state index < -0.39 is 5.92 Å². The molecule has 1 fully saturated rings. The van der Waals surface area contributed by atoms with E-state index in [1.165, 1.54) is 24.8 Å². The van der Waals surface area contributed by atoms with Crippen LogP contribution in [0.2, 0.25) is 0 Å². The molecule has 1 aliphatic carbocycles. The Morgan fingerprint density at radius 3 is 2.61 bits per heavy atom. The van der Waals surface area contributed by atoms with Crippen LogP contribution >= 0.6 is 0 Å². The molecule has 0 spiro atoms. The van der Waals surface area contributed by atoms with Crippen LogP contribution in [-0.4, -0.2) is 29.3 Å². The maximum absolute atomic E-state index is 13.2. The van der Waals surface area contributed by atoms with Crippen molar-refractivity contribution in [2.24, 2.45) is 17.6 Å². The molecule has 0 saturated heterocycles. The van der Waals surface area contributed by atoms with Crippen LogP contribution in [0.1, 0.15) is 83.1 Å². The number of carbonyl (C=O) groups excluding carboxylic acids is 2. The van der Waals surface area contributed by atoms with E-state index in [1.54, 1.807) is 0 Å². The van der Waals surface area contributed by atoms with Crippen molar-refractivity contribution in [1.82, 2.24) is 10.3 Å². The number of nitrogens with zero attached hydrogens (tertiary/aromatic N) is 1. The van der Waals surface area contributed by atoms with Gasteiger partial charge >= 0.3 is 0 Å². The van der Waals surface area contributed by atoms with Crippen LogP contribution in [0.5, 0.6) is 0 Å². The summed E-state index contributed by atoms with van der Waals surface area (Å²) in [4.78, 5) is 30.0. The van der Waals surface area contributed by atoms with E-state index in [9.17, 15) is 9.59 Å². The normalized spacial score (nSPS) is 17.1. The number of nitrogens with one attached hydrogen (secondary N) is 1. The summed E-state index contributed by atoms with van der Waals surface area (Å²) >= 11 is 0. The molecule has 6 nitrogen and oxygen atoms in total. The van der Waals surface area contributed by atoms with Gasteiger partial charge in [0.1, 0.15) is 11.3 Å². The second kappa shape index (κ2) is 10.9. The van der Waals surface area contributed by atoms with E-state index in [0.717, 1.165) is 23.9 Å². The number of hydrogen-bond acceptors (Lipinski definition) is 5. The average molecular weight is 428 g/mol. The van der Waals surface area contributed by atoms with Gasteiger partial charge < -0.3 is 15.5 Å². The first-order valence-corrected chi connectivity index (χ1v) is 11.8. The van der Waals surface area contributed by atoms with Crippen LogP contribution < -0.4 is 11.1 Å². The van der Waals surface area contributed by atoms with Crippen molar-refractivity contribution in [3.63, 3.8) is 0 Å². The number of rotatable bonds is 10. The molecule has 0 aliphatic heterocycles. The molecule has 3 N–H and O–H groups in total. The molecule has 1 aromatic heterocycles. The lowest BCUT2D eigenvalue weighted by Gasteiger charge is -2.31. The predicted molar refractivity (Wildman–Crippen MR) is 123 cm³/mol. The molecule has 170 valence electrons. The monoisotopic (exact) mass is 427 g/mol. The lowest BCUT2D eigenvalue weighted by molar-refractivity contribution is -0.130. The van der Waals surface area contributed by atoms with Crippen LogP contribution in [0.25, 0.3) is 11.1 Å². The number of aromatic nitrogens is 1. The average Bonchev–Trinajstić information content (AvgIpc) is 3.18. The van der Waals surface area contributed by atoms with Gasteiger partial charge in [0.05, 0.1) is 5.92 Å². The van der Waals surface area contributed by atoms with E-state index in [0.29, 0.717) is 37.1 Å². The molecule has 1 saturated carbocycles. The van der Waals surface area contributed by atoms with E-state index in [2.05, 4.69) is 30.2 Å². The van der Waals surface area contributed by atoms with E-state index in [-0.39, 0.29) is 24.2 Å². The van der Waals surface area contributed by atoms with Crippen LogP contribution in [0.3, 0.4) is 0 Å². The minimum Gasteiger partial charge on any atom is -0.441 e. The van der Waals surface area contributed by atoms with Crippen molar-refractivity contribution < 1.29 is 14.0 Å². The molecule has 2 atom stereocenters. The van der Waals surface area contributed by atoms with Gasteiger partial charge in [-0.2, -0.15) is 0 Å². The van der Waals surface area contributed by atoms with Gasteiger partial charge in [-0.25, -0.2) is 4.98 Å². The van der Waals surface area contributed by atoms with E-state index in [4.69, 9.17) is 10.2 Å². The topological polar surface area (TPSA) is 98.2 Å². The number of fused-ring (bicyclic) bond motifs is 1. The Hall–Kier alpha value is -2.21. The third kappa shape index (κ3) is 6.16. The molecule has 0 radical (unpaired) electrons. The first kappa shape index (κ1) is 23.5. The molecule has 1 amide bonds. The van der Waals surface area contributed by atoms with Gasteiger partial charge in [0.2, 0.25) is 5.91 Å². The fraction of sp³-hybridized carbons (Fsp3) is 0.640. The van der Waals surface area contributed by atoms with Crippen molar-refractivity contribution in [2.75, 3.05) is 6.54 Å². The summed E-state index contributed by atoms with van der Waals surface area (Å²) in [5, 5.41) is 3.16. The Balaban J connectivity index is 1.75. The summed E-state index contributed by atoms with van der Waals surface area (Å²) in [6.45, 7) is 6.52. The SMILES string of the molecule is CCC(=O)C[C@@H](Cc1nc2ccc(C(C)C)cc2o1)C(=O)N[C@H](CN)C1CCCCC1. The van der Waals surface area contributed by atoms with Gasteiger partial charge in [-0.05, 0) is 42.4 Å². The van der Waals surface area contributed by atoms with Gasteiger partial charge in [-0.3, -0.25) is 9.59 Å². The summed E-state index contributed by atoms with van der Waals surface area (Å²) in [7, 11) is 0. The van der Waals surface area contributed by atoms with Gasteiger partial charge in [-0.15, -0.1) is 0 Å². The Bertz CT molecular complexity index is 883. The van der Waals surface area contributed by atoms with Crippen LogP contribution in [0.4, 0.5) is 0 Å². The number of ketones is 1. The lowest BCUT2D eigenvalue weighted by Crippen LogP contribution is -2.48. The molecule has 6 heteroatoms. The fourth-order valence-corrected chi connectivity index (χ4v) is 4.53. The first-order chi connectivity index (χ1) is 14.9. The number of nitrogens with two attached hydrogens (primary N) is 1. The summed E-state index contributed by atoms with van der Waals surface area (Å²) in [6.07, 6.45) is 6.76. The second-order valence-corrected chi connectivity index (χ2v) is 9.24. The van der Waals surface area contributed by atoms with Gasteiger partial charge in [-0.1, -0.05) is 46.1 Å². The molecule has 2 aromatic rings. The summed E-state index contributed by atoms with van der Waals surface area (Å²) < 4.78 is 5.98. The van der Waals surface area contributed by atoms with Crippen LogP contribution in [0.15, 0.2) is 22.6 Å². The number of Topliss-reactive ketones (excluding diaryl/α,β-unsaturated/α-hetero) is 1. The molecule has 1 heterocycles. The van der Waals surface area contributed by atoms with Crippen LogP contribution in [-0.2, 0) is 16.0 Å². The Morgan fingerprint density at radius 1 is 1.23 bits per heavy atom. The number of amides is 1. The summed E-state index contributed by atoms with van der Waals surface area (Å²) in [6, 6.07) is 5.98. The van der Waals surface area contributed by atoms with Gasteiger partial charge in [0.25, 0.3) is 0 Å². The lowest BCUT2D eigenvalue weighted by atomic mass is 9.83. The highest BCUT2D eigenvalue weighted by Gasteiger charge is 2.29. The predicted octanol–water partition coefficient (Wildman–Crippen LogP) is 4.50. The summed E-state index contributed by atoms with van der Waals surface area (Å²) in [5.74, 6) is 0.772. The Kier molecular flexibility index (Phi) is 8.24. The largest absolute Gasteiger partial charge is 0.441 e. The molecule has 0 unspecified atom stereocenters. The quantitative estimate of drug-likeness (QED) is 0.581. The van der Waals surface area contributed by atoms with E-state index in [1.807, 2.05) is 19.1 Å². The Labute approximate surface area is 185 Å². The molecule has 0 bridgehead atoms. The number of hydrogen-bond donors (Lipinski definition) is 2. The second-order valence-electron chi connectivity index (χ2n) is 9.24. The zero-order valence-corrected chi connectivity index (χ0v) is 19.2. The highest BCUT2D eigenvalue weighted by Crippen LogP contribution is 2.27. The van der Waals surface area contributed by atoms with Crippen molar-refractivity contribution in [3.05, 3.63) is 29.7 Å². The van der Waals surface area contributed by atoms with Crippen molar-refractivity contribution in [1.29, 1.82) is 0 Å².